The second kappa shape index (κ2) is 17.6. The Bertz CT molecular complexity index is 2200. The number of pyridine rings is 1. The Labute approximate surface area is 323 Å². The molecule has 2 atom stereocenters. The van der Waals surface area contributed by atoms with Crippen molar-refractivity contribution in [3.63, 3.8) is 0 Å². The number of hydrogen-bond donors (Lipinski definition) is 5. The second-order valence-electron chi connectivity index (χ2n) is 14.1. The third-order valence-electron chi connectivity index (χ3n) is 10.5. The van der Waals surface area contributed by atoms with Gasteiger partial charge in [0.1, 0.15) is 17.7 Å². The summed E-state index contributed by atoms with van der Waals surface area (Å²) in [7, 11) is 2.55. The molecule has 5 aromatic rings. The molecule has 16 nitrogen and oxygen atoms in total. The predicted octanol–water partition coefficient (Wildman–Crippen LogP) is 4.78. The van der Waals surface area contributed by atoms with E-state index < -0.39 is 18.2 Å². The summed E-state index contributed by atoms with van der Waals surface area (Å²) < 4.78 is 14.8. The van der Waals surface area contributed by atoms with Crippen molar-refractivity contribution in [2.75, 3.05) is 47.1 Å². The largest absolute Gasteiger partial charge is 0.453 e. The quantitative estimate of drug-likeness (QED) is 0.104. The number of methoxy groups -OCH3 is 2. The maximum atomic E-state index is 14.0. The zero-order valence-corrected chi connectivity index (χ0v) is 31.6. The molecule has 2 saturated heterocycles. The van der Waals surface area contributed by atoms with Gasteiger partial charge in [-0.3, -0.25) is 14.6 Å². The summed E-state index contributed by atoms with van der Waals surface area (Å²) in [4.78, 5) is 72.2. The Kier molecular flexibility index (Phi) is 12.0. The maximum Gasteiger partial charge on any atom is 0.407 e. The van der Waals surface area contributed by atoms with E-state index >= 15 is 0 Å². The van der Waals surface area contributed by atoms with E-state index in [4.69, 9.17) is 19.4 Å². The van der Waals surface area contributed by atoms with Crippen LogP contribution in [0.2, 0.25) is 0 Å². The van der Waals surface area contributed by atoms with Crippen LogP contribution >= 0.6 is 0 Å². The number of benzene rings is 2. The van der Waals surface area contributed by atoms with Crippen molar-refractivity contribution in [2.45, 2.75) is 57.0 Å². The number of nitrogens with zero attached hydrogens (tertiary/aromatic N) is 4. The minimum absolute atomic E-state index is 0.0318. The number of ether oxygens (including phenoxy) is 3. The molecule has 0 saturated carbocycles. The Morgan fingerprint density at radius 2 is 1.71 bits per heavy atom. The number of likely N-dealkylation sites (tertiary alicyclic amines) is 1. The molecule has 0 spiro atoms. The monoisotopic (exact) mass is 765 g/mol. The summed E-state index contributed by atoms with van der Waals surface area (Å²) in [5.41, 5.74) is 5.34. The van der Waals surface area contributed by atoms with Gasteiger partial charge in [-0.25, -0.2) is 19.6 Å². The lowest BCUT2D eigenvalue weighted by molar-refractivity contribution is -0.136. The highest BCUT2D eigenvalue weighted by atomic mass is 16.5. The van der Waals surface area contributed by atoms with Gasteiger partial charge in [-0.1, -0.05) is 18.2 Å². The van der Waals surface area contributed by atoms with Crippen molar-refractivity contribution in [1.29, 1.82) is 0 Å². The molecular formula is C40H47N9O7. The number of fused-ring (bicyclic) bond motifs is 2. The molecule has 0 radical (unpaired) electrons. The van der Waals surface area contributed by atoms with E-state index in [0.29, 0.717) is 39.1 Å². The lowest BCUT2D eigenvalue weighted by Crippen LogP contribution is -2.53. The molecule has 56 heavy (non-hydrogen) atoms. The number of nitrogens with one attached hydrogen (secondary N) is 5. The van der Waals surface area contributed by atoms with E-state index in [-0.39, 0.29) is 30.3 Å². The molecule has 3 aromatic heterocycles. The molecule has 5 N–H and O–H groups in total. The molecule has 16 heteroatoms. The number of carbonyl (C=O) groups is 4. The molecule has 2 aromatic carbocycles. The minimum atomic E-state index is -0.690. The Hall–Kier alpha value is -6.03. The molecule has 5 heterocycles. The fourth-order valence-corrected chi connectivity index (χ4v) is 7.49. The van der Waals surface area contributed by atoms with Crippen LogP contribution in [-0.4, -0.2) is 107 Å². The number of aromatic nitrogens is 5. The van der Waals surface area contributed by atoms with E-state index in [1.165, 1.54) is 14.2 Å². The SMILES string of the molecule is COC(=O)NCC(=O)NCCCCc1ncc(-c2ccc3cc(-c4ccc5nc(C6CCCN6C(=O)C(NC(=O)OC)C6CCOCC6)[nH]c5c4)ncc3c2)[nH]1. The number of carbonyl (C=O) groups excluding carboxylic acids is 4. The van der Waals surface area contributed by atoms with Gasteiger partial charge in [0, 0.05) is 55.4 Å². The first kappa shape index (κ1) is 38.3. The molecule has 2 aliphatic heterocycles. The van der Waals surface area contributed by atoms with Gasteiger partial charge in [0.2, 0.25) is 11.8 Å². The number of hydrogen-bond acceptors (Lipinski definition) is 10. The highest BCUT2D eigenvalue weighted by Gasteiger charge is 2.40. The zero-order chi connectivity index (χ0) is 39.0. The average Bonchev–Trinajstić information content (AvgIpc) is 4.01. The van der Waals surface area contributed by atoms with Gasteiger partial charge in [-0.2, -0.15) is 0 Å². The second-order valence-corrected chi connectivity index (χ2v) is 14.1. The highest BCUT2D eigenvalue weighted by molar-refractivity contribution is 5.90. The van der Waals surface area contributed by atoms with Crippen molar-refractivity contribution < 1.29 is 33.4 Å². The molecule has 2 unspecified atom stereocenters. The summed E-state index contributed by atoms with van der Waals surface area (Å²) in [5.74, 6) is 1.17. The third kappa shape index (κ3) is 8.91. The van der Waals surface area contributed by atoms with Crippen LogP contribution in [0.4, 0.5) is 9.59 Å². The summed E-state index contributed by atoms with van der Waals surface area (Å²) in [5, 5.41) is 9.98. The normalized spacial score (nSPS) is 16.5. The van der Waals surface area contributed by atoms with Crippen LogP contribution in [0.1, 0.15) is 56.2 Å². The van der Waals surface area contributed by atoms with E-state index in [1.807, 2.05) is 35.5 Å². The lowest BCUT2D eigenvalue weighted by atomic mass is 9.90. The smallest absolute Gasteiger partial charge is 0.407 e. The van der Waals surface area contributed by atoms with Gasteiger partial charge >= 0.3 is 12.2 Å². The molecule has 0 aliphatic carbocycles. The number of rotatable bonds is 13. The number of H-pyrrole nitrogens is 2. The fourth-order valence-electron chi connectivity index (χ4n) is 7.49. The fraction of sp³-hybridized carbons (Fsp3) is 0.425. The highest BCUT2D eigenvalue weighted by Crippen LogP contribution is 2.35. The van der Waals surface area contributed by atoms with Gasteiger partial charge < -0.3 is 45.0 Å². The Balaban J connectivity index is 0.986. The zero-order valence-electron chi connectivity index (χ0n) is 31.6. The number of aryl methyl sites for hydroxylation is 1. The standard InChI is InChI=1S/C40H47N9O7/c1-54-39(52)44-23-35(50)41-14-4-3-7-34-43-22-32(45-34)26-9-8-25-19-30(42-21-28(25)18-26)27-10-11-29-31(20-27)47-37(46-29)33-6-5-15-49(33)38(51)36(48-40(53)55-2)24-12-16-56-17-13-24/h8-11,18-22,24,33,36H,3-7,12-17,23H2,1-2H3,(H,41,50)(H,43,45)(H,44,52)(H,46,47)(H,48,53). The van der Waals surface area contributed by atoms with Crippen LogP contribution in [0.25, 0.3) is 44.3 Å². The Morgan fingerprint density at radius 1 is 0.893 bits per heavy atom. The van der Waals surface area contributed by atoms with Crippen molar-refractivity contribution in [3.05, 3.63) is 66.5 Å². The van der Waals surface area contributed by atoms with E-state index in [9.17, 15) is 19.2 Å². The van der Waals surface area contributed by atoms with E-state index in [1.54, 1.807) is 0 Å². The van der Waals surface area contributed by atoms with Crippen LogP contribution in [0.5, 0.6) is 0 Å². The maximum absolute atomic E-state index is 14.0. The summed E-state index contributed by atoms with van der Waals surface area (Å²) in [6.07, 6.45) is 7.78. The van der Waals surface area contributed by atoms with Crippen molar-refractivity contribution in [1.82, 2.24) is 45.8 Å². The van der Waals surface area contributed by atoms with E-state index in [2.05, 4.69) is 59.9 Å². The molecule has 7 rings (SSSR count). The molecular weight excluding hydrogens is 718 g/mol. The van der Waals surface area contributed by atoms with Gasteiger partial charge in [0.15, 0.2) is 0 Å². The van der Waals surface area contributed by atoms with Crippen LogP contribution in [0.15, 0.2) is 54.9 Å². The number of imidazole rings is 2. The van der Waals surface area contributed by atoms with Crippen LogP contribution in [0.3, 0.4) is 0 Å². The van der Waals surface area contributed by atoms with E-state index in [0.717, 1.165) is 88.1 Å². The molecule has 2 aliphatic rings. The summed E-state index contributed by atoms with van der Waals surface area (Å²) in [6.45, 7) is 2.08. The first-order chi connectivity index (χ1) is 27.3. The van der Waals surface area contributed by atoms with Crippen LogP contribution < -0.4 is 16.0 Å². The van der Waals surface area contributed by atoms with Gasteiger partial charge in [-0.05, 0) is 74.1 Å². The Morgan fingerprint density at radius 3 is 2.54 bits per heavy atom. The number of unbranched alkanes of at least 4 members (excludes halogenated alkanes) is 1. The summed E-state index contributed by atoms with van der Waals surface area (Å²) >= 11 is 0. The molecule has 4 amide bonds. The van der Waals surface area contributed by atoms with Gasteiger partial charge in [-0.15, -0.1) is 0 Å². The topological polar surface area (TPSA) is 206 Å². The summed E-state index contributed by atoms with van der Waals surface area (Å²) in [6, 6.07) is 13.4. The first-order valence-electron chi connectivity index (χ1n) is 19.0. The van der Waals surface area contributed by atoms with Crippen molar-refractivity contribution in [2.24, 2.45) is 5.92 Å². The number of alkyl carbamates (subject to hydrolysis) is 2. The average molecular weight is 766 g/mol. The number of aromatic amines is 2. The molecule has 2 fully saturated rings. The van der Waals surface area contributed by atoms with Gasteiger partial charge in [0.25, 0.3) is 0 Å². The van der Waals surface area contributed by atoms with Crippen LogP contribution in [-0.2, 0) is 30.2 Å². The first-order valence-corrected chi connectivity index (χ1v) is 19.0. The molecule has 0 bridgehead atoms. The van der Waals surface area contributed by atoms with Crippen molar-refractivity contribution in [3.8, 4) is 22.5 Å². The van der Waals surface area contributed by atoms with Crippen LogP contribution in [0, 0.1) is 5.92 Å². The molecule has 294 valence electrons. The third-order valence-corrected chi connectivity index (χ3v) is 10.5. The van der Waals surface area contributed by atoms with Gasteiger partial charge in [0.05, 0.1) is 55.4 Å². The predicted molar refractivity (Wildman–Crippen MR) is 207 cm³/mol. The lowest BCUT2D eigenvalue weighted by Gasteiger charge is -2.34. The minimum Gasteiger partial charge on any atom is -0.453 e. The van der Waals surface area contributed by atoms with Crippen molar-refractivity contribution >= 4 is 45.8 Å². The number of amides is 4.